The first-order valence-corrected chi connectivity index (χ1v) is 8.56. The molecule has 1 atom stereocenters. The summed E-state index contributed by atoms with van der Waals surface area (Å²) in [4.78, 5) is 0.598. The van der Waals surface area contributed by atoms with Gasteiger partial charge < -0.3 is 5.73 Å². The number of halogens is 2. The average Bonchev–Trinajstić information content (AvgIpc) is 2.66. The van der Waals surface area contributed by atoms with E-state index in [1.54, 1.807) is 22.9 Å². The van der Waals surface area contributed by atoms with Crippen LogP contribution in [0.1, 0.15) is 18.3 Å². The SMILES string of the molecule is CCc1nn(C)c(CS(=O)c2ccc(Cl)cc2N)c1Br. The lowest BCUT2D eigenvalue weighted by Gasteiger charge is -2.07. The molecule has 0 aliphatic rings. The molecule has 0 fully saturated rings. The molecule has 2 aromatic rings. The van der Waals surface area contributed by atoms with E-state index in [0.717, 1.165) is 22.3 Å². The van der Waals surface area contributed by atoms with Crippen molar-refractivity contribution in [1.29, 1.82) is 0 Å². The van der Waals surface area contributed by atoms with Crippen LogP contribution >= 0.6 is 27.5 Å². The number of aromatic nitrogens is 2. The van der Waals surface area contributed by atoms with Gasteiger partial charge in [-0.15, -0.1) is 0 Å². The maximum absolute atomic E-state index is 12.5. The van der Waals surface area contributed by atoms with E-state index in [1.165, 1.54) is 0 Å². The van der Waals surface area contributed by atoms with Crippen molar-refractivity contribution in [2.24, 2.45) is 7.05 Å². The summed E-state index contributed by atoms with van der Waals surface area (Å²) in [6.07, 6.45) is 0.824. The maximum Gasteiger partial charge on any atom is 0.0767 e. The van der Waals surface area contributed by atoms with Crippen LogP contribution in [0.2, 0.25) is 5.02 Å². The van der Waals surface area contributed by atoms with E-state index in [4.69, 9.17) is 17.3 Å². The Kier molecular flexibility index (Phi) is 4.88. The zero-order valence-electron chi connectivity index (χ0n) is 11.2. The normalized spacial score (nSPS) is 12.6. The summed E-state index contributed by atoms with van der Waals surface area (Å²) in [6.45, 7) is 2.03. The topological polar surface area (TPSA) is 60.9 Å². The highest BCUT2D eigenvalue weighted by molar-refractivity contribution is 9.10. The van der Waals surface area contributed by atoms with Crippen LogP contribution in [0.5, 0.6) is 0 Å². The summed E-state index contributed by atoms with van der Waals surface area (Å²) in [7, 11) is 0.611. The molecule has 1 heterocycles. The molecule has 0 aliphatic heterocycles. The molecule has 108 valence electrons. The van der Waals surface area contributed by atoms with E-state index in [9.17, 15) is 4.21 Å². The van der Waals surface area contributed by atoms with E-state index < -0.39 is 10.8 Å². The molecule has 20 heavy (non-hydrogen) atoms. The van der Waals surface area contributed by atoms with Gasteiger partial charge in [0.25, 0.3) is 0 Å². The molecule has 0 bridgehead atoms. The Morgan fingerprint density at radius 3 is 2.75 bits per heavy atom. The number of benzene rings is 1. The van der Waals surface area contributed by atoms with Crippen LogP contribution in [0.15, 0.2) is 27.6 Å². The molecular weight excluding hydrogens is 362 g/mol. The number of hydrogen-bond acceptors (Lipinski definition) is 3. The molecule has 1 aromatic heterocycles. The Morgan fingerprint density at radius 1 is 1.50 bits per heavy atom. The van der Waals surface area contributed by atoms with Crippen molar-refractivity contribution in [2.75, 3.05) is 5.73 Å². The predicted molar refractivity (Wildman–Crippen MR) is 86.3 cm³/mol. The third kappa shape index (κ3) is 3.07. The van der Waals surface area contributed by atoms with Crippen molar-refractivity contribution in [3.63, 3.8) is 0 Å². The fourth-order valence-electron chi connectivity index (χ4n) is 1.91. The zero-order chi connectivity index (χ0) is 14.9. The largest absolute Gasteiger partial charge is 0.398 e. The Labute approximate surface area is 133 Å². The number of hydrogen-bond donors (Lipinski definition) is 1. The molecule has 0 spiro atoms. The Morgan fingerprint density at radius 2 is 2.20 bits per heavy atom. The highest BCUT2D eigenvalue weighted by Gasteiger charge is 2.17. The monoisotopic (exact) mass is 375 g/mol. The average molecular weight is 377 g/mol. The minimum atomic E-state index is -1.24. The first kappa shape index (κ1) is 15.5. The van der Waals surface area contributed by atoms with Crippen LogP contribution in [-0.2, 0) is 30.0 Å². The molecule has 7 heteroatoms. The van der Waals surface area contributed by atoms with Crippen LogP contribution in [0, 0.1) is 0 Å². The summed E-state index contributed by atoms with van der Waals surface area (Å²) in [5, 5.41) is 4.93. The fourth-order valence-corrected chi connectivity index (χ4v) is 4.30. The van der Waals surface area contributed by atoms with Gasteiger partial charge in [-0.05, 0) is 40.5 Å². The molecule has 0 saturated heterocycles. The van der Waals surface area contributed by atoms with Crippen LogP contribution in [0.4, 0.5) is 5.69 Å². The first-order valence-electron chi connectivity index (χ1n) is 6.07. The molecule has 0 amide bonds. The maximum atomic E-state index is 12.5. The van der Waals surface area contributed by atoms with Gasteiger partial charge in [0, 0.05) is 17.8 Å². The number of aryl methyl sites for hydroxylation is 2. The minimum absolute atomic E-state index is 0.357. The van der Waals surface area contributed by atoms with Gasteiger partial charge in [-0.1, -0.05) is 18.5 Å². The lowest BCUT2D eigenvalue weighted by molar-refractivity contribution is 0.675. The van der Waals surface area contributed by atoms with Gasteiger partial charge in [-0.2, -0.15) is 5.10 Å². The Bertz CT molecular complexity index is 672. The third-order valence-electron chi connectivity index (χ3n) is 2.99. The van der Waals surface area contributed by atoms with Crippen molar-refractivity contribution in [3.05, 3.63) is 39.1 Å². The van der Waals surface area contributed by atoms with Crippen molar-refractivity contribution in [3.8, 4) is 0 Å². The highest BCUT2D eigenvalue weighted by atomic mass is 79.9. The lowest BCUT2D eigenvalue weighted by Crippen LogP contribution is -2.05. The van der Waals surface area contributed by atoms with Gasteiger partial charge in [0.2, 0.25) is 0 Å². The second-order valence-electron chi connectivity index (χ2n) is 4.36. The van der Waals surface area contributed by atoms with Gasteiger partial charge in [0.15, 0.2) is 0 Å². The van der Waals surface area contributed by atoms with Crippen molar-refractivity contribution in [1.82, 2.24) is 9.78 Å². The molecule has 4 nitrogen and oxygen atoms in total. The van der Waals surface area contributed by atoms with Crippen LogP contribution < -0.4 is 5.73 Å². The van der Waals surface area contributed by atoms with E-state index in [2.05, 4.69) is 21.0 Å². The van der Waals surface area contributed by atoms with Crippen LogP contribution in [0.25, 0.3) is 0 Å². The smallest absolute Gasteiger partial charge is 0.0767 e. The zero-order valence-corrected chi connectivity index (χ0v) is 14.3. The molecule has 1 aromatic carbocycles. The number of nitrogens with two attached hydrogens (primary N) is 1. The summed E-state index contributed by atoms with van der Waals surface area (Å²) >= 11 is 9.38. The number of nitrogens with zero attached hydrogens (tertiary/aromatic N) is 2. The van der Waals surface area contributed by atoms with Gasteiger partial charge >= 0.3 is 0 Å². The molecule has 0 radical (unpaired) electrons. The van der Waals surface area contributed by atoms with Gasteiger partial charge in [0.1, 0.15) is 0 Å². The van der Waals surface area contributed by atoms with Crippen LogP contribution in [0.3, 0.4) is 0 Å². The van der Waals surface area contributed by atoms with Crippen molar-refractivity contribution in [2.45, 2.75) is 24.0 Å². The van der Waals surface area contributed by atoms with Crippen molar-refractivity contribution >= 4 is 44.0 Å². The minimum Gasteiger partial charge on any atom is -0.398 e. The molecule has 2 rings (SSSR count). The van der Waals surface area contributed by atoms with Crippen molar-refractivity contribution < 1.29 is 4.21 Å². The van der Waals surface area contributed by atoms with E-state index in [1.807, 2.05) is 14.0 Å². The number of rotatable bonds is 4. The summed E-state index contributed by atoms with van der Waals surface area (Å²) in [6, 6.07) is 5.02. The fraction of sp³-hybridized carbons (Fsp3) is 0.308. The van der Waals surface area contributed by atoms with E-state index >= 15 is 0 Å². The predicted octanol–water partition coefficient (Wildman–Crippen LogP) is 3.29. The molecular formula is C13H15BrClN3OS. The molecule has 0 saturated carbocycles. The number of nitrogen functional groups attached to an aromatic ring is 1. The Hall–Kier alpha value is -0.850. The number of anilines is 1. The quantitative estimate of drug-likeness (QED) is 0.833. The highest BCUT2D eigenvalue weighted by Crippen LogP contribution is 2.27. The molecule has 0 aliphatic carbocycles. The van der Waals surface area contributed by atoms with E-state index in [-0.39, 0.29) is 0 Å². The molecule has 1 unspecified atom stereocenters. The second kappa shape index (κ2) is 6.28. The van der Waals surface area contributed by atoms with Gasteiger partial charge in [-0.3, -0.25) is 8.89 Å². The summed E-state index contributed by atoms with van der Waals surface area (Å²) in [5.41, 5.74) is 8.18. The van der Waals surface area contributed by atoms with E-state index in [0.29, 0.717) is 21.4 Å². The van der Waals surface area contributed by atoms with Crippen LogP contribution in [-0.4, -0.2) is 14.0 Å². The van der Waals surface area contributed by atoms with Gasteiger partial charge in [-0.25, -0.2) is 0 Å². The van der Waals surface area contributed by atoms with Gasteiger partial charge in [0.05, 0.1) is 37.3 Å². The summed E-state index contributed by atoms with van der Waals surface area (Å²) in [5.74, 6) is 0.357. The third-order valence-corrected chi connectivity index (χ3v) is 5.54. The lowest BCUT2D eigenvalue weighted by atomic mass is 10.3. The summed E-state index contributed by atoms with van der Waals surface area (Å²) < 4.78 is 15.2. The second-order valence-corrected chi connectivity index (χ2v) is 7.01. The molecule has 2 N–H and O–H groups in total. The first-order chi connectivity index (χ1) is 9.43. The standard InChI is InChI=1S/C13H15BrClN3OS/c1-3-10-13(14)11(18(2)17-10)7-20(19)12-5-4-8(15)6-9(12)16/h4-6H,3,7,16H2,1-2H3. The Balaban J connectivity index is 2.30.